The van der Waals surface area contributed by atoms with Crippen molar-refractivity contribution in [1.82, 2.24) is 44.6 Å². The molecule has 0 spiro atoms. The third kappa shape index (κ3) is 23.0. The van der Waals surface area contributed by atoms with Crippen LogP contribution in [0.2, 0.25) is 5.15 Å². The number of nitrogen functional groups attached to an aromatic ring is 1. The number of methoxy groups -OCH3 is 2. The molecule has 8 rings (SSSR count). The van der Waals surface area contributed by atoms with Gasteiger partial charge in [0.05, 0.1) is 85.8 Å². The van der Waals surface area contributed by atoms with Crippen LogP contribution in [0.1, 0.15) is 91.6 Å². The van der Waals surface area contributed by atoms with Gasteiger partial charge in [-0.25, -0.2) is 49.1 Å². The smallest absolute Gasteiger partial charge is 0.350 e. The highest BCUT2D eigenvalue weighted by Crippen LogP contribution is 2.44. The second-order valence-electron chi connectivity index (χ2n) is 19.4. The summed E-state index contributed by atoms with van der Waals surface area (Å²) in [4.78, 5) is 107. The third-order valence-electron chi connectivity index (χ3n) is 12.6. The molecule has 0 bridgehead atoms. The summed E-state index contributed by atoms with van der Waals surface area (Å²) in [6.07, 6.45) is 13.3. The molecular formula is C64H77ClN22O8S2. The molecule has 0 unspecified atom stereocenters. The maximum atomic E-state index is 11.7. The topological polar surface area (TPSA) is 402 Å². The number of allylic oxidation sites excluding steroid dienone is 2. The minimum absolute atomic E-state index is 0.00463. The number of halogens is 1. The number of ether oxygens (including phenoxy) is 2. The van der Waals surface area contributed by atoms with E-state index in [4.69, 9.17) is 63.8 Å². The van der Waals surface area contributed by atoms with Crippen LogP contribution in [0, 0.1) is 42.4 Å². The van der Waals surface area contributed by atoms with Gasteiger partial charge in [0.15, 0.2) is 0 Å². The van der Waals surface area contributed by atoms with Gasteiger partial charge in [0.2, 0.25) is 11.8 Å². The van der Waals surface area contributed by atoms with Gasteiger partial charge in [-0.2, -0.15) is 10.5 Å². The van der Waals surface area contributed by atoms with E-state index in [-0.39, 0.29) is 39.3 Å². The number of aromatic nitrogens is 6. The van der Waals surface area contributed by atoms with Crippen LogP contribution in [0.4, 0.5) is 39.8 Å². The molecule has 0 saturated carbocycles. The number of nitrogens with zero attached hydrogens (tertiary/aromatic N) is 14. The van der Waals surface area contributed by atoms with Crippen LogP contribution in [-0.4, -0.2) is 145 Å². The molecule has 97 heavy (non-hydrogen) atoms. The molecule has 7 aromatic rings. The van der Waals surface area contributed by atoms with E-state index < -0.39 is 23.3 Å². The Hall–Kier alpha value is -11.9. The number of amides is 2. The van der Waals surface area contributed by atoms with E-state index in [0.717, 1.165) is 57.1 Å². The van der Waals surface area contributed by atoms with E-state index >= 15 is 0 Å². The first-order chi connectivity index (χ1) is 46.3. The van der Waals surface area contributed by atoms with Gasteiger partial charge in [-0.05, 0) is 91.9 Å². The monoisotopic (exact) mass is 1380 g/mol. The van der Waals surface area contributed by atoms with Gasteiger partial charge >= 0.3 is 11.9 Å². The molecule has 0 atom stereocenters. The number of nitrogens with two attached hydrogens (primary N) is 3. The number of aromatic amines is 1. The fourth-order valence-corrected chi connectivity index (χ4v) is 10.1. The first kappa shape index (κ1) is 81.2. The van der Waals surface area contributed by atoms with E-state index in [2.05, 4.69) is 77.4 Å². The van der Waals surface area contributed by atoms with Crippen molar-refractivity contribution in [2.75, 3.05) is 102 Å². The Morgan fingerprint density at radius 3 is 1.77 bits per heavy atom. The Labute approximate surface area is 574 Å². The van der Waals surface area contributed by atoms with Crippen LogP contribution in [0.25, 0.3) is 41.0 Å². The summed E-state index contributed by atoms with van der Waals surface area (Å²) in [6, 6.07) is 11.0. The summed E-state index contributed by atoms with van der Waals surface area (Å²) in [7, 11) is 9.98. The minimum Gasteiger partial charge on any atom is -0.465 e. The molecular weight excluding hydrogens is 1300 g/mol. The molecule has 2 amide bonds. The van der Waals surface area contributed by atoms with Gasteiger partial charge in [-0.15, -0.1) is 22.7 Å². The van der Waals surface area contributed by atoms with Crippen molar-refractivity contribution in [1.29, 1.82) is 10.5 Å². The highest BCUT2D eigenvalue weighted by atomic mass is 35.5. The van der Waals surface area contributed by atoms with Crippen molar-refractivity contribution < 1.29 is 28.7 Å². The van der Waals surface area contributed by atoms with E-state index in [0.29, 0.717) is 69.1 Å². The van der Waals surface area contributed by atoms with E-state index in [1.807, 2.05) is 82.8 Å². The van der Waals surface area contributed by atoms with Crippen LogP contribution in [0.15, 0.2) is 98.9 Å². The van der Waals surface area contributed by atoms with Crippen LogP contribution in [0.3, 0.4) is 0 Å². The van der Waals surface area contributed by atoms with Gasteiger partial charge < -0.3 is 72.2 Å². The normalized spacial score (nSPS) is 10.8. The molecule has 33 heteroatoms. The number of fused-ring (bicyclic) bond motifs is 1. The van der Waals surface area contributed by atoms with E-state index in [1.54, 1.807) is 86.7 Å². The summed E-state index contributed by atoms with van der Waals surface area (Å²) >= 11 is 8.26. The third-order valence-corrected chi connectivity index (χ3v) is 15.1. The van der Waals surface area contributed by atoms with Crippen molar-refractivity contribution in [3.05, 3.63) is 171 Å². The first-order valence-corrected chi connectivity index (χ1v) is 31.2. The number of aryl methyl sites for hydroxylation is 1. The minimum atomic E-state index is -0.682. The zero-order valence-corrected chi connectivity index (χ0v) is 58.5. The lowest BCUT2D eigenvalue weighted by molar-refractivity contribution is -0.115. The van der Waals surface area contributed by atoms with Gasteiger partial charge in [0.1, 0.15) is 53.5 Å². The zero-order valence-electron chi connectivity index (χ0n) is 56.1. The number of thiophene rings is 2. The number of nitriles is 2. The highest BCUT2D eigenvalue weighted by Gasteiger charge is 2.26. The Balaban J connectivity index is 0.000000389. The molecule has 0 saturated heterocycles. The maximum absolute atomic E-state index is 11.7. The van der Waals surface area contributed by atoms with Crippen molar-refractivity contribution in [3.8, 4) is 12.1 Å². The molecule has 1 aliphatic rings. The summed E-state index contributed by atoms with van der Waals surface area (Å²) in [5, 5.41) is 31.3. The summed E-state index contributed by atoms with van der Waals surface area (Å²) in [5.41, 5.74) is 21.7. The summed E-state index contributed by atoms with van der Waals surface area (Å²) in [6.45, 7) is 39.7. The Morgan fingerprint density at radius 1 is 0.742 bits per heavy atom. The molecule has 7 aromatic heterocycles. The van der Waals surface area contributed by atoms with Crippen LogP contribution in [-0.2, 0) is 25.6 Å². The Morgan fingerprint density at radius 2 is 1.28 bits per heavy atom. The molecule has 8 heterocycles. The second-order valence-corrected chi connectivity index (χ2v) is 21.7. The lowest BCUT2D eigenvalue weighted by atomic mass is 10.2. The van der Waals surface area contributed by atoms with Crippen molar-refractivity contribution in [2.24, 2.45) is 16.5 Å². The average Bonchev–Trinajstić information content (AvgIpc) is 1.62. The predicted octanol–water partition coefficient (Wildman–Crippen LogP) is 9.16. The fraction of sp³-hybridized carbons (Fsp3) is 0.312. The molecule has 510 valence electrons. The summed E-state index contributed by atoms with van der Waals surface area (Å²) < 4.78 is 11.2. The second kappa shape index (κ2) is 41.6. The predicted molar refractivity (Wildman–Crippen MR) is 383 cm³/mol. The largest absolute Gasteiger partial charge is 0.465 e. The van der Waals surface area contributed by atoms with Crippen molar-refractivity contribution >= 4 is 131 Å². The van der Waals surface area contributed by atoms with Gasteiger partial charge in [0, 0.05) is 109 Å². The number of hydrogen-bond acceptors (Lipinski definition) is 25. The lowest BCUT2D eigenvalue weighted by Crippen LogP contribution is -2.22. The molecule has 1 aliphatic heterocycles. The number of anilines is 5. The molecule has 11 N–H and O–H groups in total. The number of carbonyl (C=O) groups is 4. The average molecular weight is 1380 g/mol. The van der Waals surface area contributed by atoms with Gasteiger partial charge in [-0.3, -0.25) is 19.2 Å². The van der Waals surface area contributed by atoms with E-state index in [9.17, 15) is 28.8 Å². The highest BCUT2D eigenvalue weighted by molar-refractivity contribution is 7.21. The standard InChI is InChI=1S/C12H11N3O2S.C11H14N4O.C11H13N3O2S.C8H8ClN3.C8H9N3O.2C7H11N3O/c1-3-15-6-14-9-8-7(15)4-5-13-11(8)18-10(9)12(16)17-2;1-5-15-8-13-11(16)10(12-2)9(15)6-7-14(3)4;1-3-13-6-4-5-14-10-7(6)8(12)9(17-10)11(15)16-2;1-2-11-7-3-4-12-8(9)6(7)5-10;1-2-10-7-3-4-11-8(12)6(7)5-9;1-5(10(3)4)6(9-2)7(8)11;1-4-10-5(2)6(9-3)7(8)11/h4-6H,3H2,1-2H3;6-8H,5H2,1,3-4H3;4-5H,3,12H2,1-2H3,(H,13,14);3-4H,2H2,1H3,(H,11,12);3-4H,2H2,1H3,(H2,10,11,12);1,3-4H3,(H2,8,11);10H,4H2,1-2H3,(H2,8,11)/b;7-6+;;;;2*6-5+. The van der Waals surface area contributed by atoms with Gasteiger partial charge in [0.25, 0.3) is 28.2 Å². The quantitative estimate of drug-likeness (QED) is 0.0182. The number of primary amides is 2. The number of nitrogens with one attached hydrogen (secondary N) is 5. The number of aliphatic imine (C=N–C) groups is 1. The SMILES string of the molecule is CCN1C=Nc2c(C(=O)OC)sc3nccc1c23.CCNc1cc[nH]c(=O)c1C#N.CCNc1ccnc(Cl)c1C#N.CCNc1ccnc2sc(C(=O)OC)c(N)c12.[C-]#[N+]/C(C(N)=O)=C(\C)N(C)C.[C-]#[N+]/C(C(N)=O)=C(\C)NCC.[C-]#[N+]c1c(/C=C/N(C)C)n(CC)cnc1=O. The van der Waals surface area contributed by atoms with Crippen LogP contribution < -0.4 is 54.5 Å². The number of H-pyrrole nitrogens is 1. The molecule has 0 aromatic carbocycles. The molecule has 30 nitrogen and oxygen atoms in total. The van der Waals surface area contributed by atoms with Crippen molar-refractivity contribution in [2.45, 2.75) is 61.9 Å². The summed E-state index contributed by atoms with van der Waals surface area (Å²) in [5.74, 6) is -2.14. The van der Waals surface area contributed by atoms with Gasteiger partial charge in [-0.1, -0.05) is 11.6 Å². The molecule has 0 aliphatic carbocycles. The number of esters is 2. The Bertz CT molecular complexity index is 4380. The van der Waals surface area contributed by atoms with Crippen LogP contribution in [0.5, 0.6) is 0 Å². The molecule has 0 fully saturated rings. The van der Waals surface area contributed by atoms with E-state index in [1.165, 1.54) is 49.4 Å². The lowest BCUT2D eigenvalue weighted by Gasteiger charge is -2.21. The number of pyridine rings is 4. The zero-order chi connectivity index (χ0) is 73.1. The number of carbonyl (C=O) groups excluding carboxylic acids is 4. The molecule has 0 radical (unpaired) electrons. The maximum Gasteiger partial charge on any atom is 0.350 e. The van der Waals surface area contributed by atoms with Crippen molar-refractivity contribution in [3.63, 3.8) is 0 Å². The first-order valence-electron chi connectivity index (χ1n) is 29.2. The van der Waals surface area contributed by atoms with Crippen LogP contribution >= 0.6 is 34.3 Å². The fourth-order valence-electron chi connectivity index (χ4n) is 7.90. The number of rotatable bonds is 17. The Kier molecular flexibility index (Phi) is 34.9. The number of hydrogen-bond donors (Lipinski definition) is 8.